The number of primary amides is 1. The number of rotatable bonds is 2. The number of carbonyl (C=O) groups excluding carboxylic acids is 1. The van der Waals surface area contributed by atoms with Crippen LogP contribution in [0.15, 0.2) is 12.2 Å². The maximum Gasteiger partial charge on any atom is 0.328 e. The first kappa shape index (κ1) is 11.6. The van der Waals surface area contributed by atoms with Crippen molar-refractivity contribution >= 4 is 11.9 Å². The Morgan fingerprint density at radius 3 is 1.89 bits per heavy atom. The van der Waals surface area contributed by atoms with Crippen molar-refractivity contribution in [2.45, 2.75) is 0 Å². The molecule has 4 nitrogen and oxygen atoms in total. The Hall–Kier alpha value is -0.216. The maximum atomic E-state index is 9.78. The monoisotopic (exact) mass is 204 g/mol. The second-order valence-electron chi connectivity index (χ2n) is 1.07. The standard InChI is InChI=1S/C4H5NO3.Y/c5-3(6)1-2-4(7)8;/h1-2H,(H2,5,6)(H,7,8);/b2-1-;. The predicted molar refractivity (Wildman–Crippen MR) is 26.0 cm³/mol. The molecule has 0 atom stereocenters. The number of aliphatic carboxylic acids is 1. The van der Waals surface area contributed by atoms with E-state index in [2.05, 4.69) is 5.73 Å². The Morgan fingerprint density at radius 2 is 1.78 bits per heavy atom. The zero-order valence-corrected chi connectivity index (χ0v) is 7.41. The average Bonchev–Trinajstić information content (AvgIpc) is 1.61. The van der Waals surface area contributed by atoms with Crippen LogP contribution in [-0.2, 0) is 42.3 Å². The first-order valence-corrected chi connectivity index (χ1v) is 1.83. The van der Waals surface area contributed by atoms with E-state index < -0.39 is 11.9 Å². The summed E-state index contributed by atoms with van der Waals surface area (Å²) in [7, 11) is 0. The maximum absolute atomic E-state index is 9.78. The topological polar surface area (TPSA) is 80.4 Å². The number of hydrogen-bond donors (Lipinski definition) is 2. The molecule has 0 aromatic carbocycles. The third-order valence-corrected chi connectivity index (χ3v) is 0.390. The molecule has 0 saturated carbocycles. The van der Waals surface area contributed by atoms with Gasteiger partial charge in [-0.15, -0.1) is 0 Å². The molecule has 0 aromatic heterocycles. The Labute approximate surface area is 77.0 Å². The molecule has 0 spiro atoms. The molecule has 0 unspecified atom stereocenters. The van der Waals surface area contributed by atoms with Crippen molar-refractivity contribution in [2.24, 2.45) is 5.73 Å². The number of nitrogens with two attached hydrogens (primary N) is 1. The summed E-state index contributed by atoms with van der Waals surface area (Å²) >= 11 is 0. The zero-order chi connectivity index (χ0) is 6.57. The first-order valence-electron chi connectivity index (χ1n) is 1.83. The van der Waals surface area contributed by atoms with Gasteiger partial charge in [-0.05, 0) is 0 Å². The summed E-state index contributed by atoms with van der Waals surface area (Å²) in [6.07, 6.45) is 1.46. The average molecular weight is 204 g/mol. The molecule has 47 valence electrons. The summed E-state index contributed by atoms with van der Waals surface area (Å²) in [6.45, 7) is 0. The molecule has 0 rings (SSSR count). The second-order valence-corrected chi connectivity index (χ2v) is 1.07. The number of hydrogen-bond acceptors (Lipinski definition) is 2. The van der Waals surface area contributed by atoms with Crippen molar-refractivity contribution in [1.29, 1.82) is 0 Å². The van der Waals surface area contributed by atoms with Gasteiger partial charge in [0, 0.05) is 44.9 Å². The van der Waals surface area contributed by atoms with Gasteiger partial charge in [0.05, 0.1) is 0 Å². The number of amides is 1. The first-order chi connectivity index (χ1) is 3.63. The Kier molecular flexibility index (Phi) is 7.60. The minimum atomic E-state index is -1.18. The van der Waals surface area contributed by atoms with Crippen LogP contribution in [0.4, 0.5) is 0 Å². The molecule has 1 amide bonds. The third-order valence-electron chi connectivity index (χ3n) is 0.390. The summed E-state index contributed by atoms with van der Waals surface area (Å²) in [5.41, 5.74) is 4.55. The van der Waals surface area contributed by atoms with Crippen molar-refractivity contribution in [3.63, 3.8) is 0 Å². The molecule has 0 aliphatic rings. The van der Waals surface area contributed by atoms with Crippen molar-refractivity contribution in [2.75, 3.05) is 0 Å². The molecule has 0 bridgehead atoms. The van der Waals surface area contributed by atoms with E-state index in [9.17, 15) is 9.59 Å². The Morgan fingerprint density at radius 1 is 1.33 bits per heavy atom. The van der Waals surface area contributed by atoms with Gasteiger partial charge in [-0.2, -0.15) is 0 Å². The molecule has 0 aliphatic carbocycles. The van der Waals surface area contributed by atoms with Gasteiger partial charge in [-0.1, -0.05) is 0 Å². The zero-order valence-electron chi connectivity index (χ0n) is 4.57. The van der Waals surface area contributed by atoms with E-state index in [0.29, 0.717) is 6.08 Å². The van der Waals surface area contributed by atoms with E-state index in [-0.39, 0.29) is 32.7 Å². The van der Waals surface area contributed by atoms with Crippen molar-refractivity contribution in [3.05, 3.63) is 12.2 Å². The van der Waals surface area contributed by atoms with Gasteiger partial charge in [-0.3, -0.25) is 4.79 Å². The smallest absolute Gasteiger partial charge is 0.328 e. The normalized spacial score (nSPS) is 8.44. The number of carboxylic acids is 1. The van der Waals surface area contributed by atoms with E-state index in [0.717, 1.165) is 6.08 Å². The van der Waals surface area contributed by atoms with E-state index in [4.69, 9.17) is 5.11 Å². The van der Waals surface area contributed by atoms with E-state index in [1.165, 1.54) is 0 Å². The van der Waals surface area contributed by atoms with Crippen LogP contribution < -0.4 is 5.73 Å². The summed E-state index contributed by atoms with van der Waals surface area (Å²) < 4.78 is 0. The van der Waals surface area contributed by atoms with Gasteiger partial charge < -0.3 is 10.8 Å². The molecular formula is C4H5NO3Y. The predicted octanol–water partition coefficient (Wildman–Crippen LogP) is -0.890. The van der Waals surface area contributed by atoms with Gasteiger partial charge in [0.2, 0.25) is 5.91 Å². The Balaban J connectivity index is 0. The van der Waals surface area contributed by atoms with E-state index in [1.54, 1.807) is 0 Å². The molecule has 0 saturated heterocycles. The molecular weight excluding hydrogens is 199 g/mol. The molecule has 0 fully saturated rings. The molecule has 5 heteroatoms. The Bertz CT molecular complexity index is 127. The summed E-state index contributed by atoms with van der Waals surface area (Å²) in [5.74, 6) is -1.93. The SMILES string of the molecule is NC(=O)/C=C\C(=O)O.[Y]. The molecule has 3 N–H and O–H groups in total. The summed E-state index contributed by atoms with van der Waals surface area (Å²) in [5, 5.41) is 7.87. The van der Waals surface area contributed by atoms with Crippen molar-refractivity contribution in [3.8, 4) is 0 Å². The second kappa shape index (κ2) is 5.91. The molecule has 9 heavy (non-hydrogen) atoms. The summed E-state index contributed by atoms with van der Waals surface area (Å²) in [6, 6.07) is 0. The van der Waals surface area contributed by atoms with Crippen LogP contribution in [0.5, 0.6) is 0 Å². The van der Waals surface area contributed by atoms with E-state index in [1.807, 2.05) is 0 Å². The summed E-state index contributed by atoms with van der Waals surface area (Å²) in [4.78, 5) is 19.4. The van der Waals surface area contributed by atoms with Crippen LogP contribution in [0, 0.1) is 0 Å². The van der Waals surface area contributed by atoms with Crippen LogP contribution in [0.25, 0.3) is 0 Å². The van der Waals surface area contributed by atoms with Gasteiger partial charge in [0.15, 0.2) is 0 Å². The van der Waals surface area contributed by atoms with Crippen molar-refractivity contribution in [1.82, 2.24) is 0 Å². The fraction of sp³-hybridized carbons (Fsp3) is 0. The molecule has 0 aromatic rings. The van der Waals surface area contributed by atoms with Crippen LogP contribution in [-0.4, -0.2) is 17.0 Å². The van der Waals surface area contributed by atoms with Crippen LogP contribution in [0.2, 0.25) is 0 Å². The number of carboxylic acid groups (broad SMARTS) is 1. The fourth-order valence-electron chi connectivity index (χ4n) is 0.153. The minimum absolute atomic E-state index is 0. The van der Waals surface area contributed by atoms with Gasteiger partial charge in [0.1, 0.15) is 0 Å². The molecule has 1 radical (unpaired) electrons. The quantitative estimate of drug-likeness (QED) is 0.572. The largest absolute Gasteiger partial charge is 0.478 e. The van der Waals surface area contributed by atoms with Crippen molar-refractivity contribution < 1.29 is 47.4 Å². The fourth-order valence-corrected chi connectivity index (χ4v) is 0.153. The molecule has 0 aliphatic heterocycles. The third kappa shape index (κ3) is 11.4. The van der Waals surface area contributed by atoms with E-state index >= 15 is 0 Å². The van der Waals surface area contributed by atoms with Crippen LogP contribution >= 0.6 is 0 Å². The van der Waals surface area contributed by atoms with Gasteiger partial charge in [0.25, 0.3) is 0 Å². The van der Waals surface area contributed by atoms with Crippen LogP contribution in [0.3, 0.4) is 0 Å². The minimum Gasteiger partial charge on any atom is -0.478 e. The van der Waals surface area contributed by atoms with Gasteiger partial charge in [-0.25, -0.2) is 4.79 Å². The molecule has 0 heterocycles. The van der Waals surface area contributed by atoms with Gasteiger partial charge >= 0.3 is 5.97 Å². The van der Waals surface area contributed by atoms with Crippen LogP contribution in [0.1, 0.15) is 0 Å². The number of carbonyl (C=O) groups is 2.